The Balaban J connectivity index is 1.26. The average molecular weight is 526 g/mol. The lowest BCUT2D eigenvalue weighted by molar-refractivity contribution is -0.146. The van der Waals surface area contributed by atoms with Gasteiger partial charge in [-0.1, -0.05) is 78.0 Å². The Labute approximate surface area is 227 Å². The van der Waals surface area contributed by atoms with E-state index in [0.717, 1.165) is 46.2 Å². The molecular weight excluding hydrogens is 494 g/mol. The quantitative estimate of drug-likeness (QED) is 0.266. The van der Waals surface area contributed by atoms with Crippen LogP contribution in [0.15, 0.2) is 77.3 Å². The number of carbonyl (C=O) groups excluding carboxylic acids is 2. The molecule has 1 heterocycles. The van der Waals surface area contributed by atoms with Crippen molar-refractivity contribution in [2.75, 3.05) is 6.61 Å². The molecule has 1 aromatic heterocycles. The minimum atomic E-state index is -0.483. The zero-order chi connectivity index (χ0) is 27.4. The molecule has 0 atom stereocenters. The lowest BCUT2D eigenvalue weighted by Gasteiger charge is -2.14. The highest BCUT2D eigenvalue weighted by Gasteiger charge is 2.52. The predicted molar refractivity (Wildman–Crippen MR) is 146 cm³/mol. The largest absolute Gasteiger partial charge is 0.465 e. The number of benzene rings is 3. The number of carbonyl (C=O) groups is 2. The number of aromatic nitrogens is 1. The summed E-state index contributed by atoms with van der Waals surface area (Å²) in [5, 5.41) is 13.4. The maximum Gasteiger partial charge on any atom is 0.316 e. The van der Waals surface area contributed by atoms with Crippen LogP contribution in [0.4, 0.5) is 0 Å². The van der Waals surface area contributed by atoms with E-state index in [-0.39, 0.29) is 31.6 Å². The highest BCUT2D eigenvalue weighted by molar-refractivity contribution is 5.87. The maximum atomic E-state index is 12.6. The van der Waals surface area contributed by atoms with Crippen LogP contribution < -0.4 is 0 Å². The fourth-order valence-electron chi connectivity index (χ4n) is 4.80. The van der Waals surface area contributed by atoms with Crippen molar-refractivity contribution in [3.8, 4) is 22.5 Å². The van der Waals surface area contributed by atoms with Crippen molar-refractivity contribution >= 4 is 11.9 Å². The van der Waals surface area contributed by atoms with Crippen molar-refractivity contribution in [3.05, 3.63) is 101 Å². The number of ether oxygens (including phenoxy) is 2. The van der Waals surface area contributed by atoms with Gasteiger partial charge < -0.3 is 19.1 Å². The molecule has 1 fully saturated rings. The highest BCUT2D eigenvalue weighted by Crippen LogP contribution is 2.49. The summed E-state index contributed by atoms with van der Waals surface area (Å²) in [5.41, 5.74) is 6.29. The molecule has 4 aromatic rings. The van der Waals surface area contributed by atoms with E-state index in [2.05, 4.69) is 5.16 Å². The van der Waals surface area contributed by atoms with Gasteiger partial charge in [-0.2, -0.15) is 0 Å². The van der Waals surface area contributed by atoms with Gasteiger partial charge in [0.1, 0.15) is 6.61 Å². The molecule has 1 N–H and O–H groups in total. The highest BCUT2D eigenvalue weighted by atomic mass is 16.5. The van der Waals surface area contributed by atoms with Crippen LogP contribution in [0, 0.1) is 6.92 Å². The van der Waals surface area contributed by atoms with Crippen LogP contribution in [0.3, 0.4) is 0 Å². The van der Waals surface area contributed by atoms with Gasteiger partial charge in [-0.3, -0.25) is 9.59 Å². The van der Waals surface area contributed by atoms with Gasteiger partial charge in [0.15, 0.2) is 5.76 Å². The van der Waals surface area contributed by atoms with E-state index >= 15 is 0 Å². The molecule has 0 radical (unpaired) electrons. The topological polar surface area (TPSA) is 98.9 Å². The van der Waals surface area contributed by atoms with E-state index in [4.69, 9.17) is 14.0 Å². The summed E-state index contributed by atoms with van der Waals surface area (Å²) in [6.45, 7) is 4.08. The second-order valence-electron chi connectivity index (χ2n) is 9.85. The fraction of sp³-hybridized carbons (Fsp3) is 0.281. The maximum absolute atomic E-state index is 12.6. The van der Waals surface area contributed by atoms with E-state index in [0.29, 0.717) is 23.6 Å². The van der Waals surface area contributed by atoms with Crippen LogP contribution in [0.5, 0.6) is 0 Å². The Kier molecular flexibility index (Phi) is 7.61. The monoisotopic (exact) mass is 525 g/mol. The SMILES string of the molecule is CCOC(=O)C1(c2ccc(-c3ccc(-c4onc(C)c4CC(=O)OCc4cccc(CO)c4)cc3)cc2)CC1. The van der Waals surface area contributed by atoms with Crippen LogP contribution in [0.2, 0.25) is 0 Å². The fourth-order valence-corrected chi connectivity index (χ4v) is 4.80. The molecule has 0 saturated heterocycles. The van der Waals surface area contributed by atoms with Gasteiger partial charge in [-0.05, 0) is 54.5 Å². The number of aliphatic hydroxyl groups excluding tert-OH is 1. The molecule has 0 spiro atoms. The molecule has 7 heteroatoms. The predicted octanol–water partition coefficient (Wildman–Crippen LogP) is 5.69. The van der Waals surface area contributed by atoms with E-state index < -0.39 is 5.41 Å². The molecule has 1 aliphatic carbocycles. The van der Waals surface area contributed by atoms with Crippen LogP contribution >= 0.6 is 0 Å². The number of esters is 2. The van der Waals surface area contributed by atoms with E-state index in [1.165, 1.54) is 0 Å². The molecule has 5 rings (SSSR count). The number of nitrogens with zero attached hydrogens (tertiary/aromatic N) is 1. The number of rotatable bonds is 10. The zero-order valence-corrected chi connectivity index (χ0v) is 22.1. The Bertz CT molecular complexity index is 1470. The Hall–Kier alpha value is -4.23. The standard InChI is InChI=1S/C32H31NO6/c1-3-37-31(36)32(15-16-32)27-13-11-25(12-14-27)24-7-9-26(10-8-24)30-28(21(2)33-39-30)18-29(35)38-20-23-6-4-5-22(17-23)19-34/h4-14,17,34H,3,15-16,18-20H2,1-2H3. The van der Waals surface area contributed by atoms with Crippen LogP contribution in [-0.2, 0) is 44.1 Å². The van der Waals surface area contributed by atoms with Gasteiger partial charge >= 0.3 is 11.9 Å². The van der Waals surface area contributed by atoms with Crippen molar-refractivity contribution in [2.45, 2.75) is 51.7 Å². The zero-order valence-electron chi connectivity index (χ0n) is 22.1. The third kappa shape index (κ3) is 5.64. The number of hydrogen-bond acceptors (Lipinski definition) is 7. The first kappa shape index (κ1) is 26.4. The molecular formula is C32H31NO6. The third-order valence-electron chi connectivity index (χ3n) is 7.21. The lowest BCUT2D eigenvalue weighted by atomic mass is 9.93. The molecule has 3 aromatic carbocycles. The van der Waals surface area contributed by atoms with E-state index in [1.54, 1.807) is 6.92 Å². The van der Waals surface area contributed by atoms with Gasteiger partial charge in [-0.25, -0.2) is 0 Å². The molecule has 1 saturated carbocycles. The summed E-state index contributed by atoms with van der Waals surface area (Å²) in [6, 6.07) is 23.3. The summed E-state index contributed by atoms with van der Waals surface area (Å²) >= 11 is 0. The van der Waals surface area contributed by atoms with Gasteiger partial charge in [0, 0.05) is 11.1 Å². The lowest BCUT2D eigenvalue weighted by Crippen LogP contribution is -2.23. The van der Waals surface area contributed by atoms with E-state index in [1.807, 2.05) is 79.7 Å². The van der Waals surface area contributed by atoms with Crippen molar-refractivity contribution in [1.29, 1.82) is 0 Å². The molecule has 200 valence electrons. The average Bonchev–Trinajstić information content (AvgIpc) is 3.71. The number of aryl methyl sites for hydroxylation is 1. The Morgan fingerprint density at radius 2 is 1.56 bits per heavy atom. The minimum absolute atomic E-state index is 0.0375. The second-order valence-corrected chi connectivity index (χ2v) is 9.85. The Morgan fingerprint density at radius 3 is 2.21 bits per heavy atom. The van der Waals surface area contributed by atoms with Crippen molar-refractivity contribution < 1.29 is 28.7 Å². The van der Waals surface area contributed by atoms with Crippen LogP contribution in [-0.4, -0.2) is 28.8 Å². The number of hydrogen-bond donors (Lipinski definition) is 1. The first-order chi connectivity index (χ1) is 18.9. The molecule has 0 bridgehead atoms. The van der Waals surface area contributed by atoms with E-state index in [9.17, 15) is 14.7 Å². The summed E-state index contributed by atoms with van der Waals surface area (Å²) in [4.78, 5) is 25.0. The molecule has 0 amide bonds. The molecule has 1 aliphatic rings. The van der Waals surface area contributed by atoms with Gasteiger partial charge in [0.05, 0.1) is 30.7 Å². The van der Waals surface area contributed by atoms with Crippen molar-refractivity contribution in [1.82, 2.24) is 5.16 Å². The van der Waals surface area contributed by atoms with Crippen molar-refractivity contribution in [2.24, 2.45) is 0 Å². The molecule has 7 nitrogen and oxygen atoms in total. The summed E-state index contributed by atoms with van der Waals surface area (Å²) in [7, 11) is 0. The van der Waals surface area contributed by atoms with Crippen molar-refractivity contribution in [3.63, 3.8) is 0 Å². The summed E-state index contributed by atoms with van der Waals surface area (Å²) in [5.74, 6) is 0.0173. The molecule has 0 unspecified atom stereocenters. The van der Waals surface area contributed by atoms with Crippen LogP contribution in [0.1, 0.15) is 47.7 Å². The normalized spacial score (nSPS) is 13.6. The second kappa shape index (κ2) is 11.3. The Morgan fingerprint density at radius 1 is 0.923 bits per heavy atom. The van der Waals surface area contributed by atoms with Gasteiger partial charge in [0.25, 0.3) is 0 Å². The smallest absolute Gasteiger partial charge is 0.316 e. The first-order valence-electron chi connectivity index (χ1n) is 13.1. The summed E-state index contributed by atoms with van der Waals surface area (Å²) < 4.78 is 16.3. The molecule has 0 aliphatic heterocycles. The third-order valence-corrected chi connectivity index (χ3v) is 7.21. The summed E-state index contributed by atoms with van der Waals surface area (Å²) in [6.07, 6.45) is 1.68. The first-order valence-corrected chi connectivity index (χ1v) is 13.1. The van der Waals surface area contributed by atoms with Gasteiger partial charge in [-0.15, -0.1) is 0 Å². The number of aliphatic hydroxyl groups is 1. The van der Waals surface area contributed by atoms with Crippen LogP contribution in [0.25, 0.3) is 22.5 Å². The van der Waals surface area contributed by atoms with Gasteiger partial charge in [0.2, 0.25) is 0 Å². The minimum Gasteiger partial charge on any atom is -0.465 e. The molecule has 39 heavy (non-hydrogen) atoms.